The molecule has 2 heterocycles. The average Bonchev–Trinajstić information content (AvgIpc) is 3.34. The van der Waals surface area contributed by atoms with Crippen molar-refractivity contribution >= 4 is 11.7 Å². The first-order valence-electron chi connectivity index (χ1n) is 9.52. The van der Waals surface area contributed by atoms with E-state index in [1.807, 2.05) is 49.5 Å². The lowest BCUT2D eigenvalue weighted by molar-refractivity contribution is -0.117. The number of hydrogen-bond donors (Lipinski definition) is 1. The van der Waals surface area contributed by atoms with Gasteiger partial charge in [0.1, 0.15) is 11.9 Å². The molecule has 4 rings (SSSR count). The number of carbonyl (C=O) groups is 1. The Bertz CT molecular complexity index is 1040. The Labute approximate surface area is 169 Å². The molecule has 7 nitrogen and oxygen atoms in total. The molecule has 0 spiro atoms. The first-order valence-corrected chi connectivity index (χ1v) is 9.52. The molecule has 1 aromatic carbocycles. The number of aromatic nitrogens is 3. The molecule has 29 heavy (non-hydrogen) atoms. The monoisotopic (exact) mass is 387 g/mol. The van der Waals surface area contributed by atoms with Crippen LogP contribution < -0.4 is 10.1 Å². The van der Waals surface area contributed by atoms with Crippen LogP contribution in [0.3, 0.4) is 0 Å². The van der Waals surface area contributed by atoms with Crippen LogP contribution in [0.5, 0.6) is 5.75 Å². The molecule has 146 valence electrons. The fourth-order valence-electron chi connectivity index (χ4n) is 3.53. The Balaban J connectivity index is 1.50. The molecule has 0 radical (unpaired) electrons. The summed E-state index contributed by atoms with van der Waals surface area (Å²) in [6.45, 7) is 3.18. The highest BCUT2D eigenvalue weighted by molar-refractivity contribution is 5.95. The standard InChI is InChI=1S/C22H21N5O2/c1-2-27-14-18(13-25-27)29-15-22(17-6-4-3-5-7-17)10-19(22)21(28)26-20-9-8-16(11-23)12-24-20/h3-9,12-14,19H,2,10,15H2,1H3,(H,24,26,28). The van der Waals surface area contributed by atoms with E-state index in [1.165, 1.54) is 6.20 Å². The lowest BCUT2D eigenvalue weighted by Gasteiger charge is -2.18. The number of carbonyl (C=O) groups excluding carboxylic acids is 1. The van der Waals surface area contributed by atoms with E-state index in [4.69, 9.17) is 10.00 Å². The highest BCUT2D eigenvalue weighted by Gasteiger charge is 2.60. The number of aryl methyl sites for hydroxylation is 1. The van der Waals surface area contributed by atoms with Gasteiger partial charge >= 0.3 is 0 Å². The average molecular weight is 387 g/mol. The number of nitriles is 1. The van der Waals surface area contributed by atoms with Crippen molar-refractivity contribution in [2.24, 2.45) is 5.92 Å². The summed E-state index contributed by atoms with van der Waals surface area (Å²) >= 11 is 0. The van der Waals surface area contributed by atoms with Crippen molar-refractivity contribution in [3.05, 3.63) is 72.2 Å². The van der Waals surface area contributed by atoms with E-state index in [0.29, 0.717) is 30.2 Å². The van der Waals surface area contributed by atoms with Gasteiger partial charge in [-0.05, 0) is 31.0 Å². The van der Waals surface area contributed by atoms with E-state index in [1.54, 1.807) is 23.0 Å². The largest absolute Gasteiger partial charge is 0.489 e. The molecule has 2 unspecified atom stereocenters. The van der Waals surface area contributed by atoms with Crippen LogP contribution in [0, 0.1) is 17.2 Å². The summed E-state index contributed by atoms with van der Waals surface area (Å²) in [5.41, 5.74) is 1.15. The molecule has 0 saturated heterocycles. The van der Waals surface area contributed by atoms with Gasteiger partial charge in [0.15, 0.2) is 5.75 Å². The van der Waals surface area contributed by atoms with Crippen LogP contribution in [0.1, 0.15) is 24.5 Å². The Morgan fingerprint density at radius 2 is 2.14 bits per heavy atom. The number of ether oxygens (including phenoxy) is 1. The molecule has 3 aromatic rings. The Morgan fingerprint density at radius 1 is 1.31 bits per heavy atom. The van der Waals surface area contributed by atoms with E-state index >= 15 is 0 Å². The predicted molar refractivity (Wildman–Crippen MR) is 107 cm³/mol. The quantitative estimate of drug-likeness (QED) is 0.672. The van der Waals surface area contributed by atoms with Crippen LogP contribution in [0.4, 0.5) is 5.82 Å². The number of nitrogens with one attached hydrogen (secondary N) is 1. The minimum Gasteiger partial charge on any atom is -0.489 e. The maximum Gasteiger partial charge on any atom is 0.229 e. The number of anilines is 1. The molecule has 7 heteroatoms. The number of benzene rings is 1. The lowest BCUT2D eigenvalue weighted by atomic mass is 9.94. The molecule has 0 bridgehead atoms. The predicted octanol–water partition coefficient (Wildman–Crippen LogP) is 3.15. The first-order chi connectivity index (χ1) is 14.1. The van der Waals surface area contributed by atoms with Gasteiger partial charge < -0.3 is 10.1 Å². The summed E-state index contributed by atoms with van der Waals surface area (Å²) in [5.74, 6) is 0.817. The van der Waals surface area contributed by atoms with E-state index in [0.717, 1.165) is 12.1 Å². The van der Waals surface area contributed by atoms with Gasteiger partial charge in [0, 0.05) is 18.2 Å². The number of hydrogen-bond acceptors (Lipinski definition) is 5. The van der Waals surface area contributed by atoms with Crippen molar-refractivity contribution in [2.75, 3.05) is 11.9 Å². The molecule has 1 saturated carbocycles. The molecule has 1 amide bonds. The van der Waals surface area contributed by atoms with Gasteiger partial charge in [-0.15, -0.1) is 0 Å². The number of amides is 1. The SMILES string of the molecule is CCn1cc(OCC2(c3ccccc3)CC2C(=O)Nc2ccc(C#N)cn2)cn1. The van der Waals surface area contributed by atoms with Crippen LogP contribution in [0.15, 0.2) is 61.1 Å². The topological polar surface area (TPSA) is 92.8 Å². The zero-order chi connectivity index (χ0) is 20.3. The summed E-state index contributed by atoms with van der Waals surface area (Å²) in [4.78, 5) is 17.0. The lowest BCUT2D eigenvalue weighted by Crippen LogP contribution is -2.26. The third kappa shape index (κ3) is 3.83. The molecule has 0 aliphatic heterocycles. The summed E-state index contributed by atoms with van der Waals surface area (Å²) < 4.78 is 7.82. The van der Waals surface area contributed by atoms with Gasteiger partial charge in [0.2, 0.25) is 5.91 Å². The second kappa shape index (κ2) is 7.76. The van der Waals surface area contributed by atoms with Crippen molar-refractivity contribution in [1.29, 1.82) is 5.26 Å². The summed E-state index contributed by atoms with van der Waals surface area (Å²) in [5, 5.41) is 16.0. The van der Waals surface area contributed by atoms with Crippen LogP contribution in [-0.4, -0.2) is 27.3 Å². The second-order valence-electron chi connectivity index (χ2n) is 7.13. The zero-order valence-electron chi connectivity index (χ0n) is 16.1. The van der Waals surface area contributed by atoms with Crippen LogP contribution in [-0.2, 0) is 16.8 Å². The Kier molecular flexibility index (Phi) is 5.00. The fourth-order valence-corrected chi connectivity index (χ4v) is 3.53. The third-order valence-corrected chi connectivity index (χ3v) is 5.31. The molecule has 1 aliphatic rings. The van der Waals surface area contributed by atoms with Gasteiger partial charge in [-0.2, -0.15) is 10.4 Å². The van der Waals surface area contributed by atoms with Crippen molar-refractivity contribution in [2.45, 2.75) is 25.3 Å². The highest BCUT2D eigenvalue weighted by atomic mass is 16.5. The summed E-state index contributed by atoms with van der Waals surface area (Å²) in [6, 6.07) is 15.3. The Morgan fingerprint density at radius 3 is 2.79 bits per heavy atom. The first kappa shape index (κ1) is 18.7. The maximum atomic E-state index is 12.9. The minimum atomic E-state index is -0.383. The van der Waals surface area contributed by atoms with Gasteiger partial charge in [0.05, 0.1) is 30.5 Å². The third-order valence-electron chi connectivity index (χ3n) is 5.31. The van der Waals surface area contributed by atoms with Crippen LogP contribution in [0.2, 0.25) is 0 Å². The van der Waals surface area contributed by atoms with E-state index < -0.39 is 0 Å². The highest BCUT2D eigenvalue weighted by Crippen LogP contribution is 2.55. The van der Waals surface area contributed by atoms with Crippen molar-refractivity contribution < 1.29 is 9.53 Å². The van der Waals surface area contributed by atoms with Gasteiger partial charge in [-0.3, -0.25) is 9.48 Å². The van der Waals surface area contributed by atoms with Crippen molar-refractivity contribution in [1.82, 2.24) is 14.8 Å². The van der Waals surface area contributed by atoms with E-state index in [-0.39, 0.29) is 17.2 Å². The molecular formula is C22H21N5O2. The Hall–Kier alpha value is -3.66. The molecular weight excluding hydrogens is 366 g/mol. The van der Waals surface area contributed by atoms with Crippen molar-refractivity contribution in [3.63, 3.8) is 0 Å². The van der Waals surface area contributed by atoms with Crippen LogP contribution >= 0.6 is 0 Å². The molecule has 2 aromatic heterocycles. The van der Waals surface area contributed by atoms with Gasteiger partial charge in [-0.25, -0.2) is 4.98 Å². The molecule has 2 atom stereocenters. The number of rotatable bonds is 7. The van der Waals surface area contributed by atoms with Gasteiger partial charge in [-0.1, -0.05) is 30.3 Å². The fraction of sp³-hybridized carbons (Fsp3) is 0.273. The smallest absolute Gasteiger partial charge is 0.229 e. The summed E-state index contributed by atoms with van der Waals surface area (Å²) in [7, 11) is 0. The summed E-state index contributed by atoms with van der Waals surface area (Å²) in [6.07, 6.45) is 5.69. The molecule has 1 fully saturated rings. The number of pyridine rings is 1. The maximum absolute atomic E-state index is 12.9. The van der Waals surface area contributed by atoms with Crippen molar-refractivity contribution in [3.8, 4) is 11.8 Å². The number of nitrogens with zero attached hydrogens (tertiary/aromatic N) is 4. The zero-order valence-corrected chi connectivity index (χ0v) is 16.1. The van der Waals surface area contributed by atoms with Gasteiger partial charge in [0.25, 0.3) is 0 Å². The van der Waals surface area contributed by atoms with E-state index in [9.17, 15) is 4.79 Å². The van der Waals surface area contributed by atoms with Crippen LogP contribution in [0.25, 0.3) is 0 Å². The normalized spacial score (nSPS) is 19.9. The molecule has 1 aliphatic carbocycles. The second-order valence-corrected chi connectivity index (χ2v) is 7.13. The molecule has 1 N–H and O–H groups in total. The minimum absolute atomic E-state index is 0.0982. The van der Waals surface area contributed by atoms with E-state index in [2.05, 4.69) is 15.4 Å².